The van der Waals surface area contributed by atoms with Crippen molar-refractivity contribution < 1.29 is 18.8 Å². The molecule has 0 aliphatic carbocycles. The molecular formula is C18H22N4O4. The molecule has 0 unspecified atom stereocenters. The highest BCUT2D eigenvalue weighted by Crippen LogP contribution is 2.13. The number of carbonyl (C=O) groups is 3. The highest BCUT2D eigenvalue weighted by Gasteiger charge is 2.09. The van der Waals surface area contributed by atoms with Crippen molar-refractivity contribution in [2.75, 3.05) is 17.2 Å². The van der Waals surface area contributed by atoms with Crippen molar-refractivity contribution in [1.82, 2.24) is 10.6 Å². The molecule has 1 aromatic heterocycles. The zero-order valence-electron chi connectivity index (χ0n) is 14.7. The van der Waals surface area contributed by atoms with Crippen LogP contribution in [-0.2, 0) is 4.79 Å². The maximum Gasteiger partial charge on any atom is 0.319 e. The predicted molar refractivity (Wildman–Crippen MR) is 98.0 cm³/mol. The summed E-state index contributed by atoms with van der Waals surface area (Å²) in [6.07, 6.45) is 1.54. The second-order valence-electron chi connectivity index (χ2n) is 5.86. The van der Waals surface area contributed by atoms with Gasteiger partial charge >= 0.3 is 6.03 Å². The zero-order valence-corrected chi connectivity index (χ0v) is 14.7. The lowest BCUT2D eigenvalue weighted by Crippen LogP contribution is -2.34. The Morgan fingerprint density at radius 1 is 1.00 bits per heavy atom. The number of hydrogen-bond acceptors (Lipinski definition) is 4. The largest absolute Gasteiger partial charge is 0.459 e. The van der Waals surface area contributed by atoms with Gasteiger partial charge in [-0.3, -0.25) is 9.59 Å². The molecule has 0 radical (unpaired) electrons. The molecule has 8 nitrogen and oxygen atoms in total. The van der Waals surface area contributed by atoms with Crippen molar-refractivity contribution in [1.29, 1.82) is 0 Å². The Bertz CT molecular complexity index is 739. The van der Waals surface area contributed by atoms with Gasteiger partial charge in [0.2, 0.25) is 5.91 Å². The number of benzene rings is 1. The molecule has 0 spiro atoms. The monoisotopic (exact) mass is 358 g/mol. The SMILES string of the molecule is CC(C)NC(=O)Nc1ccc(NC(=O)CCNC(=O)c2ccco2)cc1. The molecule has 0 saturated heterocycles. The van der Waals surface area contributed by atoms with Gasteiger partial charge in [-0.15, -0.1) is 0 Å². The van der Waals surface area contributed by atoms with E-state index >= 15 is 0 Å². The van der Waals surface area contributed by atoms with E-state index in [4.69, 9.17) is 4.42 Å². The number of nitrogens with one attached hydrogen (secondary N) is 4. The Balaban J connectivity index is 1.73. The third kappa shape index (κ3) is 6.31. The van der Waals surface area contributed by atoms with Crippen LogP contribution in [0.2, 0.25) is 0 Å². The van der Waals surface area contributed by atoms with Gasteiger partial charge in [-0.05, 0) is 50.2 Å². The lowest BCUT2D eigenvalue weighted by atomic mass is 10.2. The van der Waals surface area contributed by atoms with E-state index in [0.29, 0.717) is 11.4 Å². The fraction of sp³-hybridized carbons (Fsp3) is 0.278. The van der Waals surface area contributed by atoms with E-state index in [2.05, 4.69) is 21.3 Å². The maximum absolute atomic E-state index is 11.9. The summed E-state index contributed by atoms with van der Waals surface area (Å²) in [4.78, 5) is 35.2. The fourth-order valence-electron chi connectivity index (χ4n) is 2.07. The predicted octanol–water partition coefficient (Wildman–Crippen LogP) is 2.57. The number of urea groups is 1. The van der Waals surface area contributed by atoms with Crippen LogP contribution in [0, 0.1) is 0 Å². The van der Waals surface area contributed by atoms with E-state index < -0.39 is 0 Å². The molecule has 0 bridgehead atoms. The first-order chi connectivity index (χ1) is 12.4. The van der Waals surface area contributed by atoms with Gasteiger partial charge in [0.15, 0.2) is 5.76 Å². The van der Waals surface area contributed by atoms with Crippen molar-refractivity contribution in [3.8, 4) is 0 Å². The highest BCUT2D eigenvalue weighted by atomic mass is 16.3. The Hall–Kier alpha value is -3.29. The molecule has 0 aliphatic heterocycles. The lowest BCUT2D eigenvalue weighted by Gasteiger charge is -2.11. The average molecular weight is 358 g/mol. The van der Waals surface area contributed by atoms with Crippen molar-refractivity contribution >= 4 is 29.2 Å². The average Bonchev–Trinajstić information content (AvgIpc) is 3.10. The van der Waals surface area contributed by atoms with Gasteiger partial charge in [-0.1, -0.05) is 0 Å². The van der Waals surface area contributed by atoms with Gasteiger partial charge in [0.25, 0.3) is 5.91 Å². The normalized spacial score (nSPS) is 10.3. The second kappa shape index (κ2) is 9.26. The van der Waals surface area contributed by atoms with Gasteiger partial charge < -0.3 is 25.7 Å². The van der Waals surface area contributed by atoms with E-state index in [0.717, 1.165) is 0 Å². The second-order valence-corrected chi connectivity index (χ2v) is 5.86. The van der Waals surface area contributed by atoms with E-state index in [1.807, 2.05) is 13.8 Å². The lowest BCUT2D eigenvalue weighted by molar-refractivity contribution is -0.116. The Morgan fingerprint density at radius 2 is 1.65 bits per heavy atom. The summed E-state index contributed by atoms with van der Waals surface area (Å²) in [5.74, 6) is -0.393. The topological polar surface area (TPSA) is 112 Å². The molecule has 0 aliphatic rings. The first kappa shape index (κ1) is 19.0. The Morgan fingerprint density at radius 3 is 2.23 bits per heavy atom. The third-order valence-electron chi connectivity index (χ3n) is 3.23. The van der Waals surface area contributed by atoms with Gasteiger partial charge in [0.05, 0.1) is 6.26 Å². The van der Waals surface area contributed by atoms with Crippen molar-refractivity contribution in [3.63, 3.8) is 0 Å². The van der Waals surface area contributed by atoms with Crippen LogP contribution >= 0.6 is 0 Å². The summed E-state index contributed by atoms with van der Waals surface area (Å²) >= 11 is 0. The molecule has 1 aromatic carbocycles. The molecule has 0 atom stereocenters. The van der Waals surface area contributed by atoms with Crippen molar-refractivity contribution in [2.45, 2.75) is 26.3 Å². The number of rotatable bonds is 7. The van der Waals surface area contributed by atoms with E-state index in [1.165, 1.54) is 6.26 Å². The van der Waals surface area contributed by atoms with E-state index in [-0.39, 0.29) is 42.6 Å². The molecule has 2 aromatic rings. The van der Waals surface area contributed by atoms with Gasteiger partial charge in [-0.25, -0.2) is 4.79 Å². The molecule has 4 N–H and O–H groups in total. The Kier molecular flexibility index (Phi) is 6.78. The van der Waals surface area contributed by atoms with Crippen LogP contribution in [0.5, 0.6) is 0 Å². The summed E-state index contributed by atoms with van der Waals surface area (Å²) in [5, 5.41) is 10.7. The number of carbonyl (C=O) groups excluding carboxylic acids is 3. The third-order valence-corrected chi connectivity index (χ3v) is 3.23. The number of amides is 4. The maximum atomic E-state index is 11.9. The smallest absolute Gasteiger partial charge is 0.319 e. The first-order valence-electron chi connectivity index (χ1n) is 8.23. The molecule has 8 heteroatoms. The van der Waals surface area contributed by atoms with Crippen LogP contribution < -0.4 is 21.3 Å². The number of hydrogen-bond donors (Lipinski definition) is 4. The van der Waals surface area contributed by atoms with Crippen molar-refractivity contribution in [3.05, 3.63) is 48.4 Å². The minimum atomic E-state index is -0.363. The van der Waals surface area contributed by atoms with Crippen molar-refractivity contribution in [2.24, 2.45) is 0 Å². The molecule has 0 fully saturated rings. The highest BCUT2D eigenvalue weighted by molar-refractivity contribution is 5.94. The molecule has 2 rings (SSSR count). The van der Waals surface area contributed by atoms with Crippen LogP contribution in [0.25, 0.3) is 0 Å². The minimum Gasteiger partial charge on any atom is -0.459 e. The van der Waals surface area contributed by atoms with Crippen LogP contribution in [0.1, 0.15) is 30.8 Å². The summed E-state index contributed by atoms with van der Waals surface area (Å²) in [5.41, 5.74) is 1.22. The summed E-state index contributed by atoms with van der Waals surface area (Å²) in [6.45, 7) is 3.94. The Labute approximate surface area is 151 Å². The van der Waals surface area contributed by atoms with Crippen LogP contribution in [0.15, 0.2) is 47.1 Å². The van der Waals surface area contributed by atoms with E-state index in [9.17, 15) is 14.4 Å². The van der Waals surface area contributed by atoms with E-state index in [1.54, 1.807) is 36.4 Å². The van der Waals surface area contributed by atoms with Gasteiger partial charge in [-0.2, -0.15) is 0 Å². The van der Waals surface area contributed by atoms with Crippen LogP contribution in [0.4, 0.5) is 16.2 Å². The standard InChI is InChI=1S/C18H22N4O4/c1-12(2)20-18(25)22-14-7-5-13(6-8-14)21-16(23)9-10-19-17(24)15-4-3-11-26-15/h3-8,11-12H,9-10H2,1-2H3,(H,19,24)(H,21,23)(H2,20,22,25). The van der Waals surface area contributed by atoms with Crippen LogP contribution in [-0.4, -0.2) is 30.4 Å². The molecule has 0 saturated carbocycles. The van der Waals surface area contributed by atoms with Gasteiger partial charge in [0, 0.05) is 30.4 Å². The summed E-state index contributed by atoms with van der Waals surface area (Å²) < 4.78 is 4.96. The summed E-state index contributed by atoms with van der Waals surface area (Å²) in [7, 11) is 0. The minimum absolute atomic E-state index is 0.0434. The molecule has 138 valence electrons. The molecule has 1 heterocycles. The quantitative estimate of drug-likeness (QED) is 0.609. The van der Waals surface area contributed by atoms with Gasteiger partial charge in [0.1, 0.15) is 0 Å². The molecule has 26 heavy (non-hydrogen) atoms. The number of furan rings is 1. The first-order valence-corrected chi connectivity index (χ1v) is 8.23. The van der Waals surface area contributed by atoms with Crippen LogP contribution in [0.3, 0.4) is 0 Å². The molecule has 4 amide bonds. The zero-order chi connectivity index (χ0) is 18.9. The molecular weight excluding hydrogens is 336 g/mol. The summed E-state index contributed by atoms with van der Waals surface area (Å²) in [6, 6.07) is 9.67. The number of anilines is 2. The fourth-order valence-corrected chi connectivity index (χ4v) is 2.07.